The van der Waals surface area contributed by atoms with Crippen molar-refractivity contribution in [3.8, 4) is 0 Å². The molecule has 1 nitrogen and oxygen atoms in total. The monoisotopic (exact) mass is 183 g/mol. The Kier molecular flexibility index (Phi) is 3.39. The zero-order valence-electron chi connectivity index (χ0n) is 9.85. The normalized spacial score (nSPS) is 29.1. The van der Waals surface area contributed by atoms with Gasteiger partial charge in [0.15, 0.2) is 0 Å². The Balaban J connectivity index is 2.29. The molecule has 0 bridgehead atoms. The highest BCUT2D eigenvalue weighted by molar-refractivity contribution is 4.89. The van der Waals surface area contributed by atoms with E-state index in [2.05, 4.69) is 39.9 Å². The summed E-state index contributed by atoms with van der Waals surface area (Å²) in [6.07, 6.45) is 2.87. The second-order valence-electron chi connectivity index (χ2n) is 5.87. The predicted octanol–water partition coefficient (Wildman–Crippen LogP) is 3.06. The van der Waals surface area contributed by atoms with Crippen LogP contribution in [0.3, 0.4) is 0 Å². The van der Waals surface area contributed by atoms with Crippen molar-refractivity contribution in [3.63, 3.8) is 0 Å². The molecule has 0 aromatic heterocycles. The van der Waals surface area contributed by atoms with E-state index in [9.17, 15) is 0 Å². The maximum absolute atomic E-state index is 3.55. The summed E-state index contributed by atoms with van der Waals surface area (Å²) in [5, 5.41) is 3.55. The highest BCUT2D eigenvalue weighted by Crippen LogP contribution is 2.45. The van der Waals surface area contributed by atoms with Gasteiger partial charge in [0.25, 0.3) is 0 Å². The van der Waals surface area contributed by atoms with Crippen LogP contribution in [0.25, 0.3) is 0 Å². The Morgan fingerprint density at radius 1 is 1.23 bits per heavy atom. The van der Waals surface area contributed by atoms with Crippen LogP contribution < -0.4 is 5.32 Å². The second kappa shape index (κ2) is 4.00. The van der Waals surface area contributed by atoms with Crippen molar-refractivity contribution in [1.82, 2.24) is 5.32 Å². The van der Waals surface area contributed by atoms with E-state index in [1.165, 1.54) is 19.4 Å². The van der Waals surface area contributed by atoms with Crippen LogP contribution in [-0.2, 0) is 0 Å². The van der Waals surface area contributed by atoms with E-state index < -0.39 is 0 Å². The van der Waals surface area contributed by atoms with Gasteiger partial charge in [-0.05, 0) is 36.6 Å². The van der Waals surface area contributed by atoms with Gasteiger partial charge in [-0.2, -0.15) is 0 Å². The first-order chi connectivity index (χ1) is 5.91. The molecule has 2 atom stereocenters. The van der Waals surface area contributed by atoms with Crippen LogP contribution in [0.4, 0.5) is 0 Å². The molecule has 1 rings (SSSR count). The van der Waals surface area contributed by atoms with Gasteiger partial charge in [-0.25, -0.2) is 0 Å². The van der Waals surface area contributed by atoms with E-state index in [0.29, 0.717) is 11.5 Å². The fourth-order valence-corrected chi connectivity index (χ4v) is 2.34. The summed E-state index contributed by atoms with van der Waals surface area (Å²) < 4.78 is 0. The smallest absolute Gasteiger partial charge is 0.00104 e. The van der Waals surface area contributed by atoms with Gasteiger partial charge in [-0.1, -0.05) is 34.6 Å². The van der Waals surface area contributed by atoms with Gasteiger partial charge >= 0.3 is 0 Å². The summed E-state index contributed by atoms with van der Waals surface area (Å²) >= 11 is 0. The number of hydrogen-bond acceptors (Lipinski definition) is 1. The van der Waals surface area contributed by atoms with Gasteiger partial charge in [0, 0.05) is 6.04 Å². The van der Waals surface area contributed by atoms with E-state index in [0.717, 1.165) is 11.8 Å². The van der Waals surface area contributed by atoms with Gasteiger partial charge in [-0.3, -0.25) is 0 Å². The number of nitrogens with one attached hydrogen (secondary N) is 1. The first-order valence-corrected chi connectivity index (χ1v) is 5.64. The molecule has 0 saturated heterocycles. The molecule has 0 amide bonds. The molecular weight excluding hydrogens is 158 g/mol. The highest BCUT2D eigenvalue weighted by atomic mass is 14.9. The van der Waals surface area contributed by atoms with Crippen LogP contribution in [-0.4, -0.2) is 12.6 Å². The summed E-state index contributed by atoms with van der Waals surface area (Å²) in [6, 6.07) is 0.640. The van der Waals surface area contributed by atoms with E-state index in [-0.39, 0.29) is 0 Å². The lowest BCUT2D eigenvalue weighted by Gasteiger charge is -2.45. The van der Waals surface area contributed by atoms with Crippen molar-refractivity contribution in [3.05, 3.63) is 0 Å². The Hall–Kier alpha value is -0.0400. The summed E-state index contributed by atoms with van der Waals surface area (Å²) in [7, 11) is 0. The molecule has 0 radical (unpaired) electrons. The van der Waals surface area contributed by atoms with Crippen molar-refractivity contribution in [2.75, 3.05) is 6.54 Å². The van der Waals surface area contributed by atoms with E-state index >= 15 is 0 Å². The molecule has 78 valence electrons. The minimum absolute atomic E-state index is 0.515. The lowest BCUT2D eigenvalue weighted by molar-refractivity contribution is 0.0548. The molecule has 2 unspecified atom stereocenters. The van der Waals surface area contributed by atoms with E-state index in [1.54, 1.807) is 0 Å². The van der Waals surface area contributed by atoms with Crippen LogP contribution in [0.5, 0.6) is 0 Å². The molecule has 1 fully saturated rings. The first kappa shape index (κ1) is 11.0. The lowest BCUT2D eigenvalue weighted by Crippen LogP contribution is -2.43. The zero-order chi connectivity index (χ0) is 10.1. The molecule has 1 N–H and O–H groups in total. The first-order valence-electron chi connectivity index (χ1n) is 5.64. The minimum atomic E-state index is 0.515. The molecule has 1 aliphatic rings. The molecule has 0 aromatic carbocycles. The topological polar surface area (TPSA) is 12.0 Å². The molecular formula is C12H25N. The maximum atomic E-state index is 3.55. The van der Waals surface area contributed by atoms with Crippen LogP contribution in [0, 0.1) is 17.3 Å². The number of rotatable bonds is 3. The Labute approximate surface area is 83.3 Å². The molecule has 1 heteroatoms. The van der Waals surface area contributed by atoms with Gasteiger partial charge in [0.05, 0.1) is 0 Å². The van der Waals surface area contributed by atoms with Crippen LogP contribution >= 0.6 is 0 Å². The summed E-state index contributed by atoms with van der Waals surface area (Å²) in [5.74, 6) is 1.88. The van der Waals surface area contributed by atoms with Crippen LogP contribution in [0.15, 0.2) is 0 Å². The molecule has 0 spiro atoms. The largest absolute Gasteiger partial charge is 0.314 e. The van der Waals surface area contributed by atoms with Crippen molar-refractivity contribution >= 4 is 0 Å². The molecule has 0 heterocycles. The Morgan fingerprint density at radius 3 is 2.15 bits per heavy atom. The third-order valence-corrected chi connectivity index (χ3v) is 3.32. The fourth-order valence-electron chi connectivity index (χ4n) is 2.34. The second-order valence-corrected chi connectivity index (χ2v) is 5.87. The predicted molar refractivity (Wildman–Crippen MR) is 58.8 cm³/mol. The van der Waals surface area contributed by atoms with Crippen molar-refractivity contribution in [1.29, 1.82) is 0 Å². The molecule has 13 heavy (non-hydrogen) atoms. The fraction of sp³-hybridized carbons (Fsp3) is 1.00. The minimum Gasteiger partial charge on any atom is -0.314 e. The standard InChI is InChI=1S/C12H25N/c1-9(2)13-8-10-6-7-11(10)12(3,4)5/h9-11,13H,6-8H2,1-5H3. The molecule has 0 aromatic rings. The summed E-state index contributed by atoms with van der Waals surface area (Å²) in [5.41, 5.74) is 0.515. The maximum Gasteiger partial charge on any atom is 0.00104 e. The Morgan fingerprint density at radius 2 is 1.85 bits per heavy atom. The Bertz CT molecular complexity index is 155. The van der Waals surface area contributed by atoms with Crippen LogP contribution in [0.1, 0.15) is 47.5 Å². The average molecular weight is 183 g/mol. The molecule has 1 aliphatic carbocycles. The lowest BCUT2D eigenvalue weighted by atomic mass is 9.61. The quantitative estimate of drug-likeness (QED) is 0.709. The molecule has 1 saturated carbocycles. The molecule has 0 aliphatic heterocycles. The van der Waals surface area contributed by atoms with Crippen molar-refractivity contribution < 1.29 is 0 Å². The van der Waals surface area contributed by atoms with Crippen molar-refractivity contribution in [2.45, 2.75) is 53.5 Å². The van der Waals surface area contributed by atoms with Crippen molar-refractivity contribution in [2.24, 2.45) is 17.3 Å². The zero-order valence-corrected chi connectivity index (χ0v) is 9.85. The van der Waals surface area contributed by atoms with E-state index in [1.807, 2.05) is 0 Å². The SMILES string of the molecule is CC(C)NCC1CCC1C(C)(C)C. The summed E-state index contributed by atoms with van der Waals surface area (Å²) in [4.78, 5) is 0. The van der Waals surface area contributed by atoms with E-state index in [4.69, 9.17) is 0 Å². The van der Waals surface area contributed by atoms with Gasteiger partial charge in [0.2, 0.25) is 0 Å². The highest BCUT2D eigenvalue weighted by Gasteiger charge is 2.38. The van der Waals surface area contributed by atoms with Crippen LogP contribution in [0.2, 0.25) is 0 Å². The third kappa shape index (κ3) is 2.98. The van der Waals surface area contributed by atoms with Gasteiger partial charge in [0.1, 0.15) is 0 Å². The van der Waals surface area contributed by atoms with Gasteiger partial charge < -0.3 is 5.32 Å². The summed E-state index contributed by atoms with van der Waals surface area (Å²) in [6.45, 7) is 12.8. The number of hydrogen-bond donors (Lipinski definition) is 1. The average Bonchev–Trinajstić information content (AvgIpc) is 1.79. The third-order valence-electron chi connectivity index (χ3n) is 3.32. The van der Waals surface area contributed by atoms with Gasteiger partial charge in [-0.15, -0.1) is 0 Å².